The van der Waals surface area contributed by atoms with Gasteiger partial charge in [-0.05, 0) is 37.3 Å². The third kappa shape index (κ3) is 3.43. The van der Waals surface area contributed by atoms with Gasteiger partial charge in [-0.2, -0.15) is 0 Å². The first-order valence-electron chi connectivity index (χ1n) is 10.5. The van der Waals surface area contributed by atoms with Crippen molar-refractivity contribution in [2.75, 3.05) is 27.4 Å². The number of thioether (sulfide) groups is 1. The van der Waals surface area contributed by atoms with Gasteiger partial charge >= 0.3 is 0 Å². The molecule has 6 nitrogen and oxygen atoms in total. The molecular formula is C25H19F2N3O3S. The zero-order valence-corrected chi connectivity index (χ0v) is 18.9. The standard InChI is InChI=1S/C25H19F2N3O3S/c1-15-6-8-16(9-7-15)28-22(31)13-29-21-5-3-2-4-18(21)25(24(29)33)30(23(32)14-34-25)17-10-11-19(26)20(27)12-17/h2-12H,13-14H2,1H3,(H,28,31)/t25-/m0/s1. The van der Waals surface area contributed by atoms with E-state index in [0.29, 0.717) is 16.9 Å². The first kappa shape index (κ1) is 22.1. The van der Waals surface area contributed by atoms with Gasteiger partial charge in [0.2, 0.25) is 16.7 Å². The van der Waals surface area contributed by atoms with Crippen LogP contribution in [0.4, 0.5) is 25.8 Å². The van der Waals surface area contributed by atoms with Gasteiger partial charge in [-0.3, -0.25) is 24.2 Å². The second-order valence-electron chi connectivity index (χ2n) is 8.08. The van der Waals surface area contributed by atoms with Crippen molar-refractivity contribution in [3.63, 3.8) is 0 Å². The molecular weight excluding hydrogens is 460 g/mol. The highest BCUT2D eigenvalue weighted by Crippen LogP contribution is 2.55. The van der Waals surface area contributed by atoms with E-state index < -0.39 is 34.2 Å². The molecule has 3 aromatic carbocycles. The Balaban J connectivity index is 1.52. The van der Waals surface area contributed by atoms with Crippen LogP contribution in [0.25, 0.3) is 0 Å². The molecule has 3 amide bonds. The Morgan fingerprint density at radius 3 is 2.50 bits per heavy atom. The minimum Gasteiger partial charge on any atom is -0.325 e. The van der Waals surface area contributed by atoms with Gasteiger partial charge in [0.25, 0.3) is 5.91 Å². The summed E-state index contributed by atoms with van der Waals surface area (Å²) in [6.45, 7) is 1.66. The highest BCUT2D eigenvalue weighted by molar-refractivity contribution is 8.02. The van der Waals surface area contributed by atoms with Crippen LogP contribution < -0.4 is 15.1 Å². The van der Waals surface area contributed by atoms with Crippen LogP contribution in [-0.2, 0) is 19.3 Å². The average molecular weight is 480 g/mol. The number of carbonyl (C=O) groups excluding carboxylic acids is 3. The molecule has 1 spiro atoms. The van der Waals surface area contributed by atoms with E-state index in [2.05, 4.69) is 5.32 Å². The summed E-state index contributed by atoms with van der Waals surface area (Å²) in [5.41, 5.74) is 2.72. The Morgan fingerprint density at radius 2 is 1.76 bits per heavy atom. The van der Waals surface area contributed by atoms with E-state index in [0.717, 1.165) is 29.5 Å². The molecule has 1 saturated heterocycles. The molecule has 1 atom stereocenters. The smallest absolute Gasteiger partial charge is 0.269 e. The monoisotopic (exact) mass is 479 g/mol. The number of aryl methyl sites for hydroxylation is 1. The predicted octanol–water partition coefficient (Wildman–Crippen LogP) is 4.19. The second kappa shape index (κ2) is 8.25. The molecule has 2 aliphatic heterocycles. The number of hydrogen-bond donors (Lipinski definition) is 1. The van der Waals surface area contributed by atoms with E-state index >= 15 is 0 Å². The van der Waals surface area contributed by atoms with Crippen LogP contribution in [0.1, 0.15) is 11.1 Å². The first-order chi connectivity index (χ1) is 16.3. The summed E-state index contributed by atoms with van der Waals surface area (Å²) in [7, 11) is 0. The number of amides is 3. The lowest BCUT2D eigenvalue weighted by molar-refractivity contribution is -0.124. The number of carbonyl (C=O) groups is 3. The Labute approximate surface area is 198 Å². The van der Waals surface area contributed by atoms with Crippen molar-refractivity contribution in [1.82, 2.24) is 0 Å². The van der Waals surface area contributed by atoms with Gasteiger partial charge in [-0.25, -0.2) is 8.78 Å². The Morgan fingerprint density at radius 1 is 1.03 bits per heavy atom. The summed E-state index contributed by atoms with van der Waals surface area (Å²) in [5, 5.41) is 2.78. The van der Waals surface area contributed by atoms with Crippen LogP contribution in [0, 0.1) is 18.6 Å². The van der Waals surface area contributed by atoms with Crippen molar-refractivity contribution in [2.24, 2.45) is 0 Å². The number of hydrogen-bond acceptors (Lipinski definition) is 4. The van der Waals surface area contributed by atoms with Gasteiger partial charge in [-0.15, -0.1) is 11.8 Å². The Hall–Kier alpha value is -3.72. The van der Waals surface area contributed by atoms with Crippen molar-refractivity contribution in [1.29, 1.82) is 0 Å². The van der Waals surface area contributed by atoms with Crippen LogP contribution in [-0.4, -0.2) is 30.0 Å². The molecule has 172 valence electrons. The molecule has 0 aromatic heterocycles. The Kier molecular flexibility index (Phi) is 5.36. The molecule has 0 aliphatic carbocycles. The third-order valence-corrected chi connectivity index (χ3v) is 7.25. The van der Waals surface area contributed by atoms with Crippen molar-refractivity contribution in [3.8, 4) is 0 Å². The number of rotatable bonds is 4. The van der Waals surface area contributed by atoms with Crippen LogP contribution >= 0.6 is 11.8 Å². The Bertz CT molecular complexity index is 1330. The lowest BCUT2D eigenvalue weighted by Gasteiger charge is -2.33. The highest BCUT2D eigenvalue weighted by Gasteiger charge is 2.61. The molecule has 2 aliphatic rings. The number of nitrogens with one attached hydrogen (secondary N) is 1. The van der Waals surface area contributed by atoms with Gasteiger partial charge in [0.15, 0.2) is 11.6 Å². The van der Waals surface area contributed by atoms with Gasteiger partial charge in [0, 0.05) is 23.0 Å². The van der Waals surface area contributed by atoms with Gasteiger partial charge in [0.1, 0.15) is 6.54 Å². The summed E-state index contributed by atoms with van der Waals surface area (Å²) in [5.74, 6) is -3.51. The lowest BCUT2D eigenvalue weighted by Crippen LogP contribution is -2.51. The normalized spacial score (nSPS) is 19.1. The van der Waals surface area contributed by atoms with Crippen molar-refractivity contribution < 1.29 is 23.2 Å². The van der Waals surface area contributed by atoms with Crippen molar-refractivity contribution in [2.45, 2.75) is 11.8 Å². The second-order valence-corrected chi connectivity index (χ2v) is 9.25. The van der Waals surface area contributed by atoms with Crippen LogP contribution in [0.2, 0.25) is 0 Å². The maximum atomic E-state index is 14.0. The molecule has 0 bridgehead atoms. The molecule has 9 heteroatoms. The van der Waals surface area contributed by atoms with Gasteiger partial charge in [-0.1, -0.05) is 35.9 Å². The number of halogens is 2. The average Bonchev–Trinajstić information content (AvgIpc) is 3.28. The van der Waals surface area contributed by atoms with Crippen LogP contribution in [0.5, 0.6) is 0 Å². The molecule has 0 radical (unpaired) electrons. The number of para-hydroxylation sites is 1. The third-order valence-electron chi connectivity index (χ3n) is 5.86. The summed E-state index contributed by atoms with van der Waals surface area (Å²) >= 11 is 1.10. The van der Waals surface area contributed by atoms with Crippen LogP contribution in [0.15, 0.2) is 66.7 Å². The number of anilines is 3. The molecule has 0 saturated carbocycles. The van der Waals surface area contributed by atoms with E-state index in [1.807, 2.05) is 19.1 Å². The van der Waals surface area contributed by atoms with Crippen molar-refractivity contribution in [3.05, 3.63) is 89.5 Å². The molecule has 1 fully saturated rings. The largest absolute Gasteiger partial charge is 0.325 e. The highest BCUT2D eigenvalue weighted by atomic mass is 32.2. The topological polar surface area (TPSA) is 69.7 Å². The van der Waals surface area contributed by atoms with Crippen molar-refractivity contribution >= 4 is 46.5 Å². The summed E-state index contributed by atoms with van der Waals surface area (Å²) in [6, 6.07) is 17.2. The summed E-state index contributed by atoms with van der Waals surface area (Å²) in [4.78, 5) is 40.6. The zero-order valence-electron chi connectivity index (χ0n) is 18.0. The lowest BCUT2D eigenvalue weighted by atomic mass is 10.0. The number of nitrogens with zero attached hydrogens (tertiary/aromatic N) is 2. The fraction of sp³-hybridized carbons (Fsp3) is 0.160. The number of fused-ring (bicyclic) bond motifs is 2. The predicted molar refractivity (Wildman–Crippen MR) is 127 cm³/mol. The summed E-state index contributed by atoms with van der Waals surface area (Å²) < 4.78 is 27.6. The fourth-order valence-corrected chi connectivity index (χ4v) is 5.68. The maximum Gasteiger partial charge on any atom is 0.269 e. The van der Waals surface area contributed by atoms with E-state index in [9.17, 15) is 23.2 Å². The van der Waals surface area contributed by atoms with E-state index in [1.54, 1.807) is 36.4 Å². The maximum absolute atomic E-state index is 14.0. The molecule has 1 N–H and O–H groups in total. The van der Waals surface area contributed by atoms with Crippen LogP contribution in [0.3, 0.4) is 0 Å². The SMILES string of the molecule is Cc1ccc(NC(=O)CN2C(=O)[C@@]3(SCC(=O)N3c3ccc(F)c(F)c3)c3ccccc32)cc1. The van der Waals surface area contributed by atoms with Gasteiger partial charge in [0.05, 0.1) is 11.4 Å². The molecule has 2 heterocycles. The molecule has 0 unspecified atom stereocenters. The minimum absolute atomic E-state index is 0.0253. The van der Waals surface area contributed by atoms with E-state index in [4.69, 9.17) is 0 Å². The quantitative estimate of drug-likeness (QED) is 0.609. The number of benzene rings is 3. The van der Waals surface area contributed by atoms with Gasteiger partial charge < -0.3 is 5.32 Å². The van der Waals surface area contributed by atoms with E-state index in [-0.39, 0.29) is 18.0 Å². The van der Waals surface area contributed by atoms with E-state index in [1.165, 1.54) is 15.9 Å². The molecule has 5 rings (SSSR count). The zero-order chi connectivity index (χ0) is 24.0. The fourth-order valence-electron chi connectivity index (χ4n) is 4.32. The molecule has 34 heavy (non-hydrogen) atoms. The first-order valence-corrected chi connectivity index (χ1v) is 11.5. The minimum atomic E-state index is -1.51. The molecule has 3 aromatic rings. The summed E-state index contributed by atoms with van der Waals surface area (Å²) in [6.07, 6.45) is 0.